The van der Waals surface area contributed by atoms with Gasteiger partial charge in [-0.3, -0.25) is 0 Å². The van der Waals surface area contributed by atoms with Crippen LogP contribution in [0.2, 0.25) is 0 Å². The van der Waals surface area contributed by atoms with Gasteiger partial charge in [0.1, 0.15) is 12.4 Å². The van der Waals surface area contributed by atoms with Gasteiger partial charge in [-0.2, -0.15) is 0 Å². The van der Waals surface area contributed by atoms with Crippen molar-refractivity contribution in [3.05, 3.63) is 35.6 Å². The van der Waals surface area contributed by atoms with Crippen LogP contribution in [-0.4, -0.2) is 6.61 Å². The van der Waals surface area contributed by atoms with Gasteiger partial charge in [0.25, 0.3) is 0 Å². The third kappa shape index (κ3) is 2.98. The van der Waals surface area contributed by atoms with Crippen molar-refractivity contribution in [1.29, 1.82) is 0 Å². The Hall–Kier alpha value is -0.930. The highest BCUT2D eigenvalue weighted by Gasteiger charge is 1.93. The lowest BCUT2D eigenvalue weighted by Gasteiger charge is -2.00. The maximum atomic E-state index is 12.4. The third-order valence-electron chi connectivity index (χ3n) is 1.34. The summed E-state index contributed by atoms with van der Waals surface area (Å²) in [6.07, 6.45) is 0. The Morgan fingerprint density at radius 2 is 1.83 bits per heavy atom. The third-order valence-corrected chi connectivity index (χ3v) is 1.34. The molecule has 2 nitrogen and oxygen atoms in total. The van der Waals surface area contributed by atoms with Gasteiger partial charge in [-0.25, -0.2) is 14.2 Å². The molecule has 3 heteroatoms. The van der Waals surface area contributed by atoms with E-state index < -0.39 is 0 Å². The quantitative estimate of drug-likeness (QED) is 0.392. The fourth-order valence-electron chi connectivity index (χ4n) is 0.774. The van der Waals surface area contributed by atoms with Crippen LogP contribution < -0.4 is 0 Å². The van der Waals surface area contributed by atoms with Gasteiger partial charge in [-0.05, 0) is 24.6 Å². The molecule has 0 aliphatic rings. The van der Waals surface area contributed by atoms with Crippen LogP contribution >= 0.6 is 0 Å². The molecule has 0 amide bonds. The minimum Gasteiger partial charge on any atom is -0.237 e. The molecule has 12 heavy (non-hydrogen) atoms. The van der Waals surface area contributed by atoms with Crippen LogP contribution in [0, 0.1) is 5.82 Å². The monoisotopic (exact) mass is 170 g/mol. The first-order valence-electron chi connectivity index (χ1n) is 3.82. The number of hydrogen-bond acceptors (Lipinski definition) is 2. The summed E-state index contributed by atoms with van der Waals surface area (Å²) in [5.41, 5.74) is 0.893. The van der Waals surface area contributed by atoms with Crippen LogP contribution in [0.25, 0.3) is 0 Å². The normalized spacial score (nSPS) is 10.2. The van der Waals surface area contributed by atoms with Gasteiger partial charge < -0.3 is 0 Å². The molecule has 0 aliphatic heterocycles. The largest absolute Gasteiger partial charge is 0.237 e. The maximum Gasteiger partial charge on any atom is 0.123 e. The van der Waals surface area contributed by atoms with E-state index in [1.54, 1.807) is 12.1 Å². The zero-order chi connectivity index (χ0) is 8.81. The van der Waals surface area contributed by atoms with Gasteiger partial charge >= 0.3 is 0 Å². The molecule has 0 heterocycles. The van der Waals surface area contributed by atoms with E-state index in [0.717, 1.165) is 5.56 Å². The Kier molecular flexibility index (Phi) is 3.70. The Labute approximate surface area is 70.8 Å². The van der Waals surface area contributed by atoms with Gasteiger partial charge in [0.2, 0.25) is 0 Å². The van der Waals surface area contributed by atoms with E-state index in [-0.39, 0.29) is 5.82 Å². The van der Waals surface area contributed by atoms with Gasteiger partial charge in [0.05, 0.1) is 6.61 Å². The standard InChI is InChI=1S/C9H11FO2/c1-2-11-12-7-8-3-5-9(10)6-4-8/h3-6H,2,7H2,1H3. The molecule has 0 unspecified atom stereocenters. The molecule has 0 radical (unpaired) electrons. The summed E-state index contributed by atoms with van der Waals surface area (Å²) in [7, 11) is 0. The summed E-state index contributed by atoms with van der Waals surface area (Å²) in [6, 6.07) is 6.11. The molecule has 0 aromatic heterocycles. The van der Waals surface area contributed by atoms with Crippen molar-refractivity contribution in [2.45, 2.75) is 13.5 Å². The lowest BCUT2D eigenvalue weighted by atomic mass is 10.2. The van der Waals surface area contributed by atoms with Crippen molar-refractivity contribution in [3.63, 3.8) is 0 Å². The van der Waals surface area contributed by atoms with Crippen molar-refractivity contribution in [3.8, 4) is 0 Å². The fourth-order valence-corrected chi connectivity index (χ4v) is 0.774. The Balaban J connectivity index is 2.37. The highest BCUT2D eigenvalue weighted by molar-refractivity contribution is 5.14. The molecule has 0 bridgehead atoms. The van der Waals surface area contributed by atoms with Crippen LogP contribution in [0.1, 0.15) is 12.5 Å². The van der Waals surface area contributed by atoms with Crippen molar-refractivity contribution >= 4 is 0 Å². The van der Waals surface area contributed by atoms with Crippen LogP contribution in [0.15, 0.2) is 24.3 Å². The average Bonchev–Trinajstić information content (AvgIpc) is 2.09. The molecule has 0 atom stereocenters. The molecule has 1 rings (SSSR count). The first-order chi connectivity index (χ1) is 5.83. The second kappa shape index (κ2) is 4.85. The highest BCUT2D eigenvalue weighted by atomic mass is 19.1. The maximum absolute atomic E-state index is 12.4. The van der Waals surface area contributed by atoms with Gasteiger partial charge in [0, 0.05) is 0 Å². The lowest BCUT2D eigenvalue weighted by Crippen LogP contribution is -1.94. The molecule has 1 aromatic rings. The molecule has 0 aliphatic carbocycles. The van der Waals surface area contributed by atoms with E-state index in [2.05, 4.69) is 4.89 Å². The zero-order valence-electron chi connectivity index (χ0n) is 6.92. The summed E-state index contributed by atoms with van der Waals surface area (Å²) in [5.74, 6) is -0.241. The van der Waals surface area contributed by atoms with E-state index in [1.165, 1.54) is 12.1 Å². The molecule has 0 fully saturated rings. The predicted octanol–water partition coefficient (Wildman–Crippen LogP) is 2.29. The van der Waals surface area contributed by atoms with Gasteiger partial charge in [-0.1, -0.05) is 12.1 Å². The van der Waals surface area contributed by atoms with Crippen molar-refractivity contribution in [2.75, 3.05) is 6.61 Å². The van der Waals surface area contributed by atoms with Crippen LogP contribution in [0.4, 0.5) is 4.39 Å². The fraction of sp³-hybridized carbons (Fsp3) is 0.333. The van der Waals surface area contributed by atoms with E-state index in [1.807, 2.05) is 6.92 Å². The van der Waals surface area contributed by atoms with Gasteiger partial charge in [-0.15, -0.1) is 0 Å². The van der Waals surface area contributed by atoms with Crippen molar-refractivity contribution < 1.29 is 14.2 Å². The average molecular weight is 170 g/mol. The number of hydrogen-bond donors (Lipinski definition) is 0. The lowest BCUT2D eigenvalue weighted by molar-refractivity contribution is -0.300. The molecule has 66 valence electrons. The Bertz CT molecular complexity index is 220. The van der Waals surface area contributed by atoms with E-state index in [9.17, 15) is 4.39 Å². The Morgan fingerprint density at radius 1 is 1.17 bits per heavy atom. The molecular formula is C9H11FO2. The smallest absolute Gasteiger partial charge is 0.123 e. The van der Waals surface area contributed by atoms with E-state index >= 15 is 0 Å². The van der Waals surface area contributed by atoms with Crippen molar-refractivity contribution in [2.24, 2.45) is 0 Å². The van der Waals surface area contributed by atoms with Crippen molar-refractivity contribution in [1.82, 2.24) is 0 Å². The molecule has 0 saturated heterocycles. The van der Waals surface area contributed by atoms with Gasteiger partial charge in [0.15, 0.2) is 0 Å². The van der Waals surface area contributed by atoms with E-state index in [0.29, 0.717) is 13.2 Å². The summed E-state index contributed by atoms with van der Waals surface area (Å²) >= 11 is 0. The summed E-state index contributed by atoms with van der Waals surface area (Å²) in [4.78, 5) is 9.46. The second-order valence-electron chi connectivity index (χ2n) is 2.30. The molecule has 0 N–H and O–H groups in total. The minimum atomic E-state index is -0.241. The summed E-state index contributed by atoms with van der Waals surface area (Å²) in [5, 5.41) is 0. The summed E-state index contributed by atoms with van der Waals surface area (Å²) < 4.78 is 12.4. The summed E-state index contributed by atoms with van der Waals surface area (Å²) in [6.45, 7) is 2.71. The van der Waals surface area contributed by atoms with Crippen LogP contribution in [0.3, 0.4) is 0 Å². The zero-order valence-corrected chi connectivity index (χ0v) is 6.92. The molecule has 0 saturated carbocycles. The first-order valence-corrected chi connectivity index (χ1v) is 3.82. The van der Waals surface area contributed by atoms with Crippen LogP contribution in [-0.2, 0) is 16.4 Å². The second-order valence-corrected chi connectivity index (χ2v) is 2.30. The molecule has 1 aromatic carbocycles. The number of halogens is 1. The number of rotatable bonds is 4. The highest BCUT2D eigenvalue weighted by Crippen LogP contribution is 2.03. The molecule has 0 spiro atoms. The SMILES string of the molecule is CCOOCc1ccc(F)cc1. The number of benzene rings is 1. The molecular weight excluding hydrogens is 159 g/mol. The van der Waals surface area contributed by atoms with Crippen LogP contribution in [0.5, 0.6) is 0 Å². The minimum absolute atomic E-state index is 0.241. The Morgan fingerprint density at radius 3 is 2.42 bits per heavy atom. The predicted molar refractivity (Wildman–Crippen MR) is 42.8 cm³/mol. The van der Waals surface area contributed by atoms with E-state index in [4.69, 9.17) is 4.89 Å². The first kappa shape index (κ1) is 9.16. The topological polar surface area (TPSA) is 18.5 Å².